The van der Waals surface area contributed by atoms with Crippen LogP contribution in [0.4, 0.5) is 0 Å². The number of rotatable bonds is 6. The zero-order valence-electron chi connectivity index (χ0n) is 9.96. The molecule has 5 nitrogen and oxygen atoms in total. The van der Waals surface area contributed by atoms with Crippen LogP contribution in [0.25, 0.3) is 0 Å². The molecular formula is C9H20N4OS4. The molecule has 0 aromatic rings. The van der Waals surface area contributed by atoms with Gasteiger partial charge in [0.05, 0.1) is 6.54 Å². The number of thiol groups is 2. The molecule has 0 bridgehead atoms. The van der Waals surface area contributed by atoms with Crippen molar-refractivity contribution in [3.8, 4) is 0 Å². The highest BCUT2D eigenvalue weighted by molar-refractivity contribution is 8.78. The Morgan fingerprint density at radius 2 is 2.06 bits per heavy atom. The van der Waals surface area contributed by atoms with Crippen molar-refractivity contribution in [1.29, 1.82) is 0 Å². The molecule has 1 atom stereocenters. The van der Waals surface area contributed by atoms with Gasteiger partial charge in [0.2, 0.25) is 5.91 Å². The molecule has 106 valence electrons. The van der Waals surface area contributed by atoms with E-state index in [2.05, 4.69) is 35.9 Å². The van der Waals surface area contributed by atoms with Crippen LogP contribution in [0.2, 0.25) is 0 Å². The molecule has 1 amide bonds. The fourth-order valence-electron chi connectivity index (χ4n) is 0.805. The Balaban J connectivity index is 0.000000351. The third-order valence-corrected chi connectivity index (χ3v) is 4.33. The van der Waals surface area contributed by atoms with Crippen molar-refractivity contribution in [2.45, 2.75) is 5.37 Å². The van der Waals surface area contributed by atoms with E-state index in [0.717, 1.165) is 18.0 Å². The maximum Gasteiger partial charge on any atom is 0.233 e. The van der Waals surface area contributed by atoms with Crippen LogP contribution >= 0.6 is 46.8 Å². The van der Waals surface area contributed by atoms with Gasteiger partial charge in [-0.15, -0.1) is 0 Å². The Bertz CT molecular complexity index is 265. The molecule has 9 heteroatoms. The topological polar surface area (TPSA) is 93.2 Å². The van der Waals surface area contributed by atoms with E-state index in [4.69, 9.17) is 11.5 Å². The van der Waals surface area contributed by atoms with Gasteiger partial charge in [-0.25, -0.2) is 0 Å². The minimum atomic E-state index is 0.0147. The molecule has 1 heterocycles. The van der Waals surface area contributed by atoms with Crippen molar-refractivity contribution in [1.82, 2.24) is 10.6 Å². The SMILES string of the molecule is NC1=CSSC1N.O=C(CNCCS)NCCS. The third-order valence-electron chi connectivity index (χ3n) is 1.68. The van der Waals surface area contributed by atoms with E-state index in [1.165, 1.54) is 0 Å². The van der Waals surface area contributed by atoms with E-state index in [0.29, 0.717) is 18.8 Å². The first-order valence-corrected chi connectivity index (χ1v) is 8.88. The Hall–Kier alpha value is 0.330. The number of amides is 1. The highest BCUT2D eigenvalue weighted by Crippen LogP contribution is 2.34. The van der Waals surface area contributed by atoms with Crippen LogP contribution in [-0.2, 0) is 4.79 Å². The van der Waals surface area contributed by atoms with Gasteiger partial charge >= 0.3 is 0 Å². The average Bonchev–Trinajstić information content (AvgIpc) is 2.72. The van der Waals surface area contributed by atoms with Crippen LogP contribution in [0.3, 0.4) is 0 Å². The summed E-state index contributed by atoms with van der Waals surface area (Å²) < 4.78 is 0. The summed E-state index contributed by atoms with van der Waals surface area (Å²) in [5, 5.41) is 7.52. The van der Waals surface area contributed by atoms with E-state index in [1.54, 1.807) is 21.6 Å². The van der Waals surface area contributed by atoms with Crippen LogP contribution in [0, 0.1) is 0 Å². The number of carbonyl (C=O) groups excluding carboxylic acids is 1. The molecular weight excluding hydrogens is 308 g/mol. The largest absolute Gasteiger partial charge is 0.400 e. The molecule has 1 aliphatic rings. The number of nitrogens with two attached hydrogens (primary N) is 2. The molecule has 0 saturated carbocycles. The van der Waals surface area contributed by atoms with Gasteiger partial charge in [0.15, 0.2) is 0 Å². The van der Waals surface area contributed by atoms with Crippen molar-refractivity contribution >= 4 is 52.8 Å². The molecule has 1 rings (SSSR count). The van der Waals surface area contributed by atoms with Gasteiger partial charge in [-0.3, -0.25) is 4.79 Å². The predicted molar refractivity (Wildman–Crippen MR) is 89.0 cm³/mol. The molecule has 1 aliphatic heterocycles. The summed E-state index contributed by atoms with van der Waals surface area (Å²) in [7, 11) is 3.18. The second-order valence-electron chi connectivity index (χ2n) is 3.20. The molecule has 0 aromatic carbocycles. The van der Waals surface area contributed by atoms with E-state index in [9.17, 15) is 4.79 Å². The number of nitrogens with one attached hydrogen (secondary N) is 2. The quantitative estimate of drug-likeness (QED) is 0.234. The maximum absolute atomic E-state index is 10.8. The van der Waals surface area contributed by atoms with Gasteiger partial charge in [-0.1, -0.05) is 21.6 Å². The third kappa shape index (κ3) is 10.3. The van der Waals surface area contributed by atoms with E-state index in [1.807, 2.05) is 5.41 Å². The lowest BCUT2D eigenvalue weighted by atomic mass is 10.5. The van der Waals surface area contributed by atoms with Crippen LogP contribution in [0.5, 0.6) is 0 Å². The van der Waals surface area contributed by atoms with Crippen LogP contribution in [0.1, 0.15) is 0 Å². The fourth-order valence-corrected chi connectivity index (χ4v) is 2.97. The zero-order valence-corrected chi connectivity index (χ0v) is 13.4. The second-order valence-corrected chi connectivity index (χ2v) is 6.38. The normalized spacial score (nSPS) is 17.7. The summed E-state index contributed by atoms with van der Waals surface area (Å²) in [4.78, 5) is 10.8. The number of hydrogen-bond acceptors (Lipinski definition) is 8. The van der Waals surface area contributed by atoms with Gasteiger partial charge < -0.3 is 22.1 Å². The highest BCUT2D eigenvalue weighted by atomic mass is 33.1. The minimum absolute atomic E-state index is 0.0147. The molecule has 0 spiro atoms. The van der Waals surface area contributed by atoms with E-state index >= 15 is 0 Å². The van der Waals surface area contributed by atoms with E-state index in [-0.39, 0.29) is 11.3 Å². The molecule has 0 aliphatic carbocycles. The first-order chi connectivity index (χ1) is 8.61. The van der Waals surface area contributed by atoms with Gasteiger partial charge in [0, 0.05) is 35.7 Å². The summed E-state index contributed by atoms with van der Waals surface area (Å²) in [6.07, 6.45) is 0. The second kappa shape index (κ2) is 12.4. The minimum Gasteiger partial charge on any atom is -0.400 e. The lowest BCUT2D eigenvalue weighted by molar-refractivity contribution is -0.120. The molecule has 0 radical (unpaired) electrons. The van der Waals surface area contributed by atoms with Crippen molar-refractivity contribution in [2.75, 3.05) is 31.1 Å². The van der Waals surface area contributed by atoms with Gasteiger partial charge in [0.25, 0.3) is 0 Å². The lowest BCUT2D eigenvalue weighted by Crippen LogP contribution is -2.35. The van der Waals surface area contributed by atoms with Crippen molar-refractivity contribution < 1.29 is 4.79 Å². The zero-order chi connectivity index (χ0) is 13.8. The monoisotopic (exact) mass is 328 g/mol. The summed E-state index contributed by atoms with van der Waals surface area (Å²) >= 11 is 7.94. The fraction of sp³-hybridized carbons (Fsp3) is 0.667. The Morgan fingerprint density at radius 1 is 1.39 bits per heavy atom. The van der Waals surface area contributed by atoms with Crippen molar-refractivity contribution in [3.05, 3.63) is 11.1 Å². The summed E-state index contributed by atoms with van der Waals surface area (Å²) in [5.74, 6) is 1.44. The summed E-state index contributed by atoms with van der Waals surface area (Å²) in [5.41, 5.74) is 11.6. The van der Waals surface area contributed by atoms with Crippen LogP contribution in [0.15, 0.2) is 11.1 Å². The van der Waals surface area contributed by atoms with Gasteiger partial charge in [-0.05, 0) is 0 Å². The van der Waals surface area contributed by atoms with Gasteiger partial charge in [-0.2, -0.15) is 25.3 Å². The van der Waals surface area contributed by atoms with Crippen LogP contribution < -0.4 is 22.1 Å². The Morgan fingerprint density at radius 3 is 2.44 bits per heavy atom. The molecule has 0 aromatic heterocycles. The van der Waals surface area contributed by atoms with Crippen molar-refractivity contribution in [3.63, 3.8) is 0 Å². The number of hydrogen-bond donors (Lipinski definition) is 6. The molecule has 0 fully saturated rings. The average molecular weight is 329 g/mol. The first kappa shape index (κ1) is 18.3. The number of carbonyl (C=O) groups is 1. The van der Waals surface area contributed by atoms with Crippen LogP contribution in [-0.4, -0.2) is 42.4 Å². The molecule has 1 unspecified atom stereocenters. The van der Waals surface area contributed by atoms with E-state index < -0.39 is 0 Å². The molecule has 6 N–H and O–H groups in total. The molecule has 0 saturated heterocycles. The lowest BCUT2D eigenvalue weighted by Gasteiger charge is -2.03. The first-order valence-electron chi connectivity index (χ1n) is 5.34. The van der Waals surface area contributed by atoms with Crippen molar-refractivity contribution in [2.24, 2.45) is 11.5 Å². The molecule has 18 heavy (non-hydrogen) atoms. The summed E-state index contributed by atoms with van der Waals surface area (Å²) in [6, 6.07) is 0. The predicted octanol–water partition coefficient (Wildman–Crippen LogP) is 0.0181. The Kier molecular flexibility index (Phi) is 12.6. The van der Waals surface area contributed by atoms with Gasteiger partial charge in [0.1, 0.15) is 5.37 Å². The Labute approximate surface area is 127 Å². The standard InChI is InChI=1S/C6H14N2OS2.C3H6N2S2/c9-6(8-2-4-11)5-7-1-3-10;4-2-1-6-7-3(2)5/h7,10-11H,1-5H2,(H,8,9);1,3H,4-5H2. The smallest absolute Gasteiger partial charge is 0.233 e. The summed E-state index contributed by atoms with van der Waals surface area (Å²) in [6.45, 7) is 1.76. The maximum atomic E-state index is 10.8. The highest BCUT2D eigenvalue weighted by Gasteiger charge is 2.11.